The molecule has 0 saturated carbocycles. The van der Waals surface area contributed by atoms with Crippen LogP contribution in [-0.2, 0) is 0 Å². The fourth-order valence-electron chi connectivity index (χ4n) is 4.19. The van der Waals surface area contributed by atoms with Crippen LogP contribution in [0.15, 0.2) is 76.4 Å². The number of nitrogens with zero attached hydrogens (tertiary/aromatic N) is 2. The number of thioether (sulfide) groups is 1. The molecule has 1 aromatic rings. The summed E-state index contributed by atoms with van der Waals surface area (Å²) in [5, 5.41) is 0.392. The van der Waals surface area contributed by atoms with Crippen molar-refractivity contribution < 1.29 is 0 Å². The maximum absolute atomic E-state index is 2.52. The maximum Gasteiger partial charge on any atom is 0.0988 e. The van der Waals surface area contributed by atoms with Gasteiger partial charge in [-0.3, -0.25) is 0 Å². The Morgan fingerprint density at radius 2 is 2.00 bits per heavy atom. The molecule has 1 aliphatic carbocycles. The lowest BCUT2D eigenvalue weighted by atomic mass is 9.75. The number of anilines is 1. The molecule has 0 amide bonds. The van der Waals surface area contributed by atoms with Gasteiger partial charge in [0.25, 0.3) is 0 Å². The summed E-state index contributed by atoms with van der Waals surface area (Å²) in [4.78, 5) is 6.01. The Labute approximate surface area is 175 Å². The van der Waals surface area contributed by atoms with Crippen molar-refractivity contribution in [3.05, 3.63) is 71.5 Å². The molecule has 150 valence electrons. The zero-order valence-corrected chi connectivity index (χ0v) is 19.0. The first kappa shape index (κ1) is 20.9. The lowest BCUT2D eigenvalue weighted by Crippen LogP contribution is -2.28. The molecule has 2 aliphatic rings. The van der Waals surface area contributed by atoms with E-state index in [1.54, 1.807) is 0 Å². The molecular formula is C25H34N2S. The summed E-state index contributed by atoms with van der Waals surface area (Å²) in [5.41, 5.74) is 5.85. The summed E-state index contributed by atoms with van der Waals surface area (Å²) < 4.78 is 0. The Bertz CT molecular complexity index is 827. The van der Waals surface area contributed by atoms with E-state index in [1.807, 2.05) is 11.8 Å². The fourth-order valence-corrected chi connectivity index (χ4v) is 5.55. The minimum Gasteiger partial charge on any atom is -0.383 e. The van der Waals surface area contributed by atoms with Gasteiger partial charge in [0, 0.05) is 31.7 Å². The van der Waals surface area contributed by atoms with Crippen molar-refractivity contribution in [1.29, 1.82) is 0 Å². The molecule has 2 nitrogen and oxygen atoms in total. The largest absolute Gasteiger partial charge is 0.383 e. The van der Waals surface area contributed by atoms with E-state index >= 15 is 0 Å². The minimum absolute atomic E-state index is 0.298. The Kier molecular flexibility index (Phi) is 6.44. The van der Waals surface area contributed by atoms with Gasteiger partial charge in [-0.05, 0) is 67.0 Å². The van der Waals surface area contributed by atoms with Crippen LogP contribution in [0.1, 0.15) is 40.5 Å². The SMILES string of the molecule is CCN1c2ccccc2SC1C=C1C=C(C=CC(C)=CN(C)C)CC(C)(C)C1. The van der Waals surface area contributed by atoms with E-state index in [2.05, 4.69) is 106 Å². The number of likely N-dealkylation sites (N-methyl/N-ethyl adjacent to an activating group) is 1. The van der Waals surface area contributed by atoms with Gasteiger partial charge in [0.05, 0.1) is 11.1 Å². The number of hydrogen-bond donors (Lipinski definition) is 0. The second kappa shape index (κ2) is 8.65. The van der Waals surface area contributed by atoms with Crippen molar-refractivity contribution in [2.24, 2.45) is 5.41 Å². The van der Waals surface area contributed by atoms with Crippen molar-refractivity contribution in [3.8, 4) is 0 Å². The third-order valence-electron chi connectivity index (χ3n) is 5.19. The number of benzene rings is 1. The Morgan fingerprint density at radius 3 is 2.71 bits per heavy atom. The van der Waals surface area contributed by atoms with Crippen LogP contribution in [-0.4, -0.2) is 30.9 Å². The normalized spacial score (nSPS) is 23.3. The van der Waals surface area contributed by atoms with Gasteiger partial charge in [-0.15, -0.1) is 0 Å². The molecule has 0 aromatic heterocycles. The summed E-state index contributed by atoms with van der Waals surface area (Å²) in [6, 6.07) is 8.79. The molecule has 3 heteroatoms. The predicted molar refractivity (Wildman–Crippen MR) is 125 cm³/mol. The molecule has 1 atom stereocenters. The van der Waals surface area contributed by atoms with Gasteiger partial charge in [0.1, 0.15) is 0 Å². The van der Waals surface area contributed by atoms with Crippen LogP contribution >= 0.6 is 11.8 Å². The fraction of sp³-hybridized carbons (Fsp3) is 0.440. The van der Waals surface area contributed by atoms with E-state index < -0.39 is 0 Å². The molecule has 1 unspecified atom stereocenters. The van der Waals surface area contributed by atoms with Crippen molar-refractivity contribution in [3.63, 3.8) is 0 Å². The molecule has 0 fully saturated rings. The van der Waals surface area contributed by atoms with Crippen molar-refractivity contribution in [1.82, 2.24) is 4.90 Å². The zero-order chi connectivity index (χ0) is 20.3. The van der Waals surface area contributed by atoms with E-state index in [9.17, 15) is 0 Å². The first-order valence-electron chi connectivity index (χ1n) is 10.2. The first-order valence-corrected chi connectivity index (χ1v) is 11.1. The maximum atomic E-state index is 2.52. The van der Waals surface area contributed by atoms with Gasteiger partial charge in [-0.25, -0.2) is 0 Å². The highest BCUT2D eigenvalue weighted by Gasteiger charge is 2.29. The summed E-state index contributed by atoms with van der Waals surface area (Å²) in [7, 11) is 4.13. The van der Waals surface area contributed by atoms with Crippen LogP contribution in [0.25, 0.3) is 0 Å². The number of hydrogen-bond acceptors (Lipinski definition) is 3. The second-order valence-electron chi connectivity index (χ2n) is 8.91. The van der Waals surface area contributed by atoms with Crippen LogP contribution in [0.3, 0.4) is 0 Å². The third kappa shape index (κ3) is 5.14. The Morgan fingerprint density at radius 1 is 1.25 bits per heavy atom. The highest BCUT2D eigenvalue weighted by atomic mass is 32.2. The molecule has 0 radical (unpaired) electrons. The minimum atomic E-state index is 0.298. The van der Waals surface area contributed by atoms with Gasteiger partial charge in [-0.2, -0.15) is 0 Å². The quantitative estimate of drug-likeness (QED) is 0.517. The number of para-hydroxylation sites is 1. The molecule has 28 heavy (non-hydrogen) atoms. The molecule has 1 aliphatic heterocycles. The monoisotopic (exact) mass is 394 g/mol. The molecule has 1 heterocycles. The molecular weight excluding hydrogens is 360 g/mol. The standard InChI is InChI=1S/C25H34N2S/c1-7-27-22-10-8-9-11-23(22)28-24(27)15-21-14-20(16-25(3,4)17-21)13-12-19(2)18-26(5)6/h8-15,18,24H,7,16-17H2,1-6H3. The highest BCUT2D eigenvalue weighted by Crippen LogP contribution is 2.45. The van der Waals surface area contributed by atoms with Crippen LogP contribution in [0.4, 0.5) is 5.69 Å². The first-order chi connectivity index (χ1) is 13.3. The Balaban J connectivity index is 1.85. The third-order valence-corrected chi connectivity index (χ3v) is 6.42. The average Bonchev–Trinajstić information content (AvgIpc) is 2.95. The van der Waals surface area contributed by atoms with Crippen LogP contribution in [0, 0.1) is 5.41 Å². The molecule has 0 bridgehead atoms. The summed E-state index contributed by atoms with van der Waals surface area (Å²) in [5.74, 6) is 0. The van der Waals surface area contributed by atoms with E-state index in [1.165, 1.54) is 27.3 Å². The molecule has 0 saturated heterocycles. The van der Waals surface area contributed by atoms with E-state index in [-0.39, 0.29) is 0 Å². The van der Waals surface area contributed by atoms with Crippen molar-refractivity contribution in [2.45, 2.75) is 50.8 Å². The molecule has 1 aromatic carbocycles. The smallest absolute Gasteiger partial charge is 0.0988 e. The number of allylic oxidation sites excluding steroid dienone is 6. The highest BCUT2D eigenvalue weighted by molar-refractivity contribution is 8.00. The van der Waals surface area contributed by atoms with Gasteiger partial charge < -0.3 is 9.80 Å². The number of rotatable bonds is 5. The lowest BCUT2D eigenvalue weighted by molar-refractivity contribution is 0.354. The van der Waals surface area contributed by atoms with Crippen molar-refractivity contribution >= 4 is 17.4 Å². The average molecular weight is 395 g/mol. The molecule has 0 spiro atoms. The van der Waals surface area contributed by atoms with E-state index in [0.717, 1.165) is 19.4 Å². The number of fused-ring (bicyclic) bond motifs is 1. The predicted octanol–water partition coefficient (Wildman–Crippen LogP) is 6.64. The van der Waals surface area contributed by atoms with Gasteiger partial charge >= 0.3 is 0 Å². The Hall–Kier alpha value is -1.87. The second-order valence-corrected chi connectivity index (χ2v) is 10.1. The summed E-state index contributed by atoms with van der Waals surface area (Å²) in [6.07, 6.45) is 13.9. The van der Waals surface area contributed by atoms with Crippen molar-refractivity contribution in [2.75, 3.05) is 25.5 Å². The summed E-state index contributed by atoms with van der Waals surface area (Å²) in [6.45, 7) is 10.2. The topological polar surface area (TPSA) is 6.48 Å². The van der Waals surface area contributed by atoms with Crippen LogP contribution in [0.2, 0.25) is 0 Å². The van der Waals surface area contributed by atoms with Crippen LogP contribution in [0.5, 0.6) is 0 Å². The molecule has 0 N–H and O–H groups in total. The summed E-state index contributed by atoms with van der Waals surface area (Å²) >= 11 is 1.98. The lowest BCUT2D eigenvalue weighted by Gasteiger charge is -2.32. The molecule has 3 rings (SSSR count). The van der Waals surface area contributed by atoms with Crippen LogP contribution < -0.4 is 4.90 Å². The van der Waals surface area contributed by atoms with Gasteiger partial charge in [-0.1, -0.05) is 56.0 Å². The zero-order valence-electron chi connectivity index (χ0n) is 18.2. The van der Waals surface area contributed by atoms with E-state index in [0.29, 0.717) is 10.8 Å². The van der Waals surface area contributed by atoms with Gasteiger partial charge in [0.2, 0.25) is 0 Å². The van der Waals surface area contributed by atoms with E-state index in [4.69, 9.17) is 0 Å². The van der Waals surface area contributed by atoms with Gasteiger partial charge in [0.15, 0.2) is 0 Å².